The Balaban J connectivity index is 2.14. The van der Waals surface area contributed by atoms with Crippen molar-refractivity contribution in [3.8, 4) is 0 Å². The Labute approximate surface area is 131 Å². The van der Waals surface area contributed by atoms with Gasteiger partial charge in [0.15, 0.2) is 0 Å². The SMILES string of the molecule is CCN1CCCC1CN(C)c1nc(NC)c(Cl)cc1Cl. The number of hydrogen-bond acceptors (Lipinski definition) is 4. The van der Waals surface area contributed by atoms with Gasteiger partial charge in [-0.3, -0.25) is 4.90 Å². The van der Waals surface area contributed by atoms with Crippen molar-refractivity contribution >= 4 is 34.8 Å². The van der Waals surface area contributed by atoms with Gasteiger partial charge in [0.05, 0.1) is 10.0 Å². The predicted octanol–water partition coefficient (Wildman–Crippen LogP) is 3.35. The van der Waals surface area contributed by atoms with Crippen LogP contribution in [0.1, 0.15) is 19.8 Å². The van der Waals surface area contributed by atoms with Crippen LogP contribution in [0.3, 0.4) is 0 Å². The van der Waals surface area contributed by atoms with E-state index in [1.54, 1.807) is 6.07 Å². The van der Waals surface area contributed by atoms with Crippen molar-refractivity contribution in [3.05, 3.63) is 16.1 Å². The average Bonchev–Trinajstić information content (AvgIpc) is 2.86. The van der Waals surface area contributed by atoms with Gasteiger partial charge in [-0.15, -0.1) is 0 Å². The van der Waals surface area contributed by atoms with Crippen molar-refractivity contribution < 1.29 is 0 Å². The fourth-order valence-corrected chi connectivity index (χ4v) is 3.42. The highest BCUT2D eigenvalue weighted by Gasteiger charge is 2.25. The van der Waals surface area contributed by atoms with E-state index in [4.69, 9.17) is 23.2 Å². The summed E-state index contributed by atoms with van der Waals surface area (Å²) in [4.78, 5) is 9.15. The second-order valence-corrected chi connectivity index (χ2v) is 5.99. The van der Waals surface area contributed by atoms with Crippen LogP contribution < -0.4 is 10.2 Å². The first-order chi connectivity index (χ1) is 9.56. The lowest BCUT2D eigenvalue weighted by molar-refractivity contribution is 0.270. The molecule has 1 aromatic heterocycles. The van der Waals surface area contributed by atoms with Crippen LogP contribution in [0.15, 0.2) is 6.07 Å². The van der Waals surface area contributed by atoms with Crippen LogP contribution in [-0.2, 0) is 0 Å². The maximum Gasteiger partial charge on any atom is 0.149 e. The Morgan fingerprint density at radius 3 is 2.85 bits per heavy atom. The van der Waals surface area contributed by atoms with Gasteiger partial charge in [0.2, 0.25) is 0 Å². The Kier molecular flexibility index (Phi) is 5.35. The fraction of sp³-hybridized carbons (Fsp3) is 0.643. The molecule has 1 aliphatic rings. The number of nitrogens with one attached hydrogen (secondary N) is 1. The minimum Gasteiger partial charge on any atom is -0.372 e. The molecule has 0 saturated carbocycles. The Hall–Kier alpha value is -0.710. The molecular formula is C14H22Cl2N4. The quantitative estimate of drug-likeness (QED) is 0.902. The molecule has 1 atom stereocenters. The molecule has 4 nitrogen and oxygen atoms in total. The summed E-state index contributed by atoms with van der Waals surface area (Å²) < 4.78 is 0. The van der Waals surface area contributed by atoms with E-state index in [0.717, 1.165) is 18.9 Å². The fourth-order valence-electron chi connectivity index (χ4n) is 2.82. The van der Waals surface area contributed by atoms with Gasteiger partial charge in [-0.25, -0.2) is 4.98 Å². The zero-order chi connectivity index (χ0) is 14.7. The summed E-state index contributed by atoms with van der Waals surface area (Å²) in [6.45, 7) is 5.44. The van der Waals surface area contributed by atoms with Gasteiger partial charge in [-0.2, -0.15) is 0 Å². The summed E-state index contributed by atoms with van der Waals surface area (Å²) in [6.07, 6.45) is 2.51. The molecule has 0 amide bonds. The normalized spacial score (nSPS) is 19.4. The molecule has 20 heavy (non-hydrogen) atoms. The lowest BCUT2D eigenvalue weighted by atomic mass is 10.2. The van der Waals surface area contributed by atoms with Crippen molar-refractivity contribution in [1.29, 1.82) is 0 Å². The maximum atomic E-state index is 6.28. The van der Waals surface area contributed by atoms with Crippen molar-refractivity contribution in [1.82, 2.24) is 9.88 Å². The number of likely N-dealkylation sites (tertiary alicyclic amines) is 1. The third-order valence-corrected chi connectivity index (χ3v) is 4.47. The van der Waals surface area contributed by atoms with Crippen LogP contribution in [-0.4, -0.2) is 49.7 Å². The molecule has 0 aromatic carbocycles. The monoisotopic (exact) mass is 316 g/mol. The molecule has 1 N–H and O–H groups in total. The first-order valence-corrected chi connectivity index (χ1v) is 7.81. The van der Waals surface area contributed by atoms with E-state index in [1.807, 2.05) is 14.1 Å². The molecule has 1 aliphatic heterocycles. The minimum absolute atomic E-state index is 0.547. The predicted molar refractivity (Wildman–Crippen MR) is 87.3 cm³/mol. The third kappa shape index (κ3) is 3.30. The molecule has 0 bridgehead atoms. The van der Waals surface area contributed by atoms with Gasteiger partial charge in [0.1, 0.15) is 11.6 Å². The Morgan fingerprint density at radius 1 is 1.45 bits per heavy atom. The highest BCUT2D eigenvalue weighted by atomic mass is 35.5. The molecule has 1 aromatic rings. The Bertz CT molecular complexity index is 467. The lowest BCUT2D eigenvalue weighted by Crippen LogP contribution is -2.39. The maximum absolute atomic E-state index is 6.28. The van der Waals surface area contributed by atoms with Crippen LogP contribution >= 0.6 is 23.2 Å². The summed E-state index contributed by atoms with van der Waals surface area (Å²) in [5.41, 5.74) is 0. The molecular weight excluding hydrogens is 295 g/mol. The van der Waals surface area contributed by atoms with Crippen LogP contribution in [0.4, 0.5) is 11.6 Å². The zero-order valence-electron chi connectivity index (χ0n) is 12.3. The van der Waals surface area contributed by atoms with Crippen LogP contribution in [0.5, 0.6) is 0 Å². The number of hydrogen-bond donors (Lipinski definition) is 1. The van der Waals surface area contributed by atoms with Gasteiger partial charge in [0.25, 0.3) is 0 Å². The van der Waals surface area contributed by atoms with Gasteiger partial charge in [-0.1, -0.05) is 30.1 Å². The van der Waals surface area contributed by atoms with Crippen molar-refractivity contribution in [3.63, 3.8) is 0 Å². The van der Waals surface area contributed by atoms with E-state index >= 15 is 0 Å². The van der Waals surface area contributed by atoms with E-state index in [-0.39, 0.29) is 0 Å². The van der Waals surface area contributed by atoms with E-state index in [1.165, 1.54) is 19.4 Å². The average molecular weight is 317 g/mol. The highest BCUT2D eigenvalue weighted by molar-refractivity contribution is 6.37. The molecule has 6 heteroatoms. The molecule has 1 saturated heterocycles. The zero-order valence-corrected chi connectivity index (χ0v) is 13.8. The molecule has 2 heterocycles. The molecule has 0 spiro atoms. The van der Waals surface area contributed by atoms with Crippen LogP contribution in [0.2, 0.25) is 10.0 Å². The van der Waals surface area contributed by atoms with Gasteiger partial charge < -0.3 is 10.2 Å². The number of aromatic nitrogens is 1. The van der Waals surface area contributed by atoms with E-state index in [9.17, 15) is 0 Å². The highest BCUT2D eigenvalue weighted by Crippen LogP contribution is 2.31. The van der Waals surface area contributed by atoms with Gasteiger partial charge in [0, 0.05) is 26.7 Å². The first-order valence-electron chi connectivity index (χ1n) is 7.05. The van der Waals surface area contributed by atoms with E-state index in [0.29, 0.717) is 21.9 Å². The van der Waals surface area contributed by atoms with Crippen LogP contribution in [0.25, 0.3) is 0 Å². The molecule has 0 aliphatic carbocycles. The number of halogens is 2. The molecule has 0 radical (unpaired) electrons. The summed E-state index contributed by atoms with van der Waals surface area (Å²) in [7, 11) is 3.84. The third-order valence-electron chi connectivity index (χ3n) is 3.90. The van der Waals surface area contributed by atoms with Gasteiger partial charge >= 0.3 is 0 Å². The standard InChI is InChI=1S/C14H22Cl2N4/c1-4-20-7-5-6-10(20)9-19(3)14-12(16)8-11(15)13(17-2)18-14/h8,10H,4-7,9H2,1-3H3,(H,17,18). The number of rotatable bonds is 5. The summed E-state index contributed by atoms with van der Waals surface area (Å²) in [5, 5.41) is 4.13. The number of likely N-dealkylation sites (N-methyl/N-ethyl adjacent to an activating group) is 2. The first kappa shape index (κ1) is 15.7. The van der Waals surface area contributed by atoms with Gasteiger partial charge in [-0.05, 0) is 32.0 Å². The van der Waals surface area contributed by atoms with Crippen LogP contribution in [0, 0.1) is 0 Å². The summed E-state index contributed by atoms with van der Waals surface area (Å²) in [6, 6.07) is 2.33. The summed E-state index contributed by atoms with van der Waals surface area (Å²) in [5.74, 6) is 1.44. The number of pyridine rings is 1. The molecule has 112 valence electrons. The van der Waals surface area contributed by atoms with Crippen molar-refractivity contribution in [2.75, 3.05) is 43.9 Å². The number of nitrogens with zero attached hydrogens (tertiary/aromatic N) is 3. The topological polar surface area (TPSA) is 31.4 Å². The second-order valence-electron chi connectivity index (χ2n) is 5.18. The van der Waals surface area contributed by atoms with Crippen molar-refractivity contribution in [2.45, 2.75) is 25.8 Å². The molecule has 2 rings (SSSR count). The molecule has 1 unspecified atom stereocenters. The van der Waals surface area contributed by atoms with E-state index in [2.05, 4.69) is 27.0 Å². The molecule has 1 fully saturated rings. The number of anilines is 2. The summed E-state index contributed by atoms with van der Waals surface area (Å²) >= 11 is 12.4. The van der Waals surface area contributed by atoms with E-state index < -0.39 is 0 Å². The smallest absolute Gasteiger partial charge is 0.149 e. The van der Waals surface area contributed by atoms with Crippen molar-refractivity contribution in [2.24, 2.45) is 0 Å². The second kappa shape index (κ2) is 6.83. The minimum atomic E-state index is 0.547. The Morgan fingerprint density at radius 2 is 2.20 bits per heavy atom. The largest absolute Gasteiger partial charge is 0.372 e. The lowest BCUT2D eigenvalue weighted by Gasteiger charge is -2.29.